The van der Waals surface area contributed by atoms with Crippen molar-refractivity contribution in [3.05, 3.63) is 0 Å². The first-order chi connectivity index (χ1) is 9.24. The SMILES string of the molecule is Cl.NCC(NC(=O)C1C2CC3CC(C2)CC1C3)C1CC1. The quantitative estimate of drug-likeness (QED) is 0.837. The van der Waals surface area contributed by atoms with Gasteiger partial charge in [0.2, 0.25) is 5.91 Å². The predicted molar refractivity (Wildman–Crippen MR) is 81.5 cm³/mol. The van der Waals surface area contributed by atoms with Crippen molar-refractivity contribution >= 4 is 18.3 Å². The number of halogens is 1. The zero-order valence-corrected chi connectivity index (χ0v) is 12.9. The van der Waals surface area contributed by atoms with E-state index in [9.17, 15) is 4.79 Å². The highest BCUT2D eigenvalue weighted by Gasteiger charge is 2.51. The summed E-state index contributed by atoms with van der Waals surface area (Å²) in [5.41, 5.74) is 5.82. The van der Waals surface area contributed by atoms with E-state index in [1.54, 1.807) is 0 Å². The molecule has 20 heavy (non-hydrogen) atoms. The lowest BCUT2D eigenvalue weighted by atomic mass is 9.51. The van der Waals surface area contributed by atoms with Gasteiger partial charge in [-0.1, -0.05) is 0 Å². The summed E-state index contributed by atoms with van der Waals surface area (Å²) in [4.78, 5) is 12.7. The molecule has 3 N–H and O–H groups in total. The van der Waals surface area contributed by atoms with Gasteiger partial charge in [-0.2, -0.15) is 0 Å². The molecule has 3 nitrogen and oxygen atoms in total. The Kier molecular flexibility index (Phi) is 4.02. The molecule has 4 bridgehead atoms. The maximum absolute atomic E-state index is 12.7. The van der Waals surface area contributed by atoms with Crippen LogP contribution >= 0.6 is 12.4 Å². The summed E-state index contributed by atoms with van der Waals surface area (Å²) in [7, 11) is 0. The molecule has 5 saturated carbocycles. The van der Waals surface area contributed by atoms with Crippen LogP contribution in [0.5, 0.6) is 0 Å². The fraction of sp³-hybridized carbons (Fsp3) is 0.938. The van der Waals surface area contributed by atoms with Crippen molar-refractivity contribution in [2.24, 2.45) is 41.2 Å². The minimum atomic E-state index is 0. The van der Waals surface area contributed by atoms with Crippen LogP contribution < -0.4 is 11.1 Å². The van der Waals surface area contributed by atoms with Gasteiger partial charge in [-0.3, -0.25) is 4.79 Å². The number of hydrogen-bond donors (Lipinski definition) is 2. The van der Waals surface area contributed by atoms with Gasteiger partial charge in [-0.15, -0.1) is 12.4 Å². The lowest BCUT2D eigenvalue weighted by Crippen LogP contribution is -2.53. The van der Waals surface area contributed by atoms with Gasteiger partial charge in [0.15, 0.2) is 0 Å². The molecule has 1 atom stereocenters. The number of rotatable bonds is 4. The second-order valence-electron chi connectivity index (χ2n) is 7.64. The molecule has 0 saturated heterocycles. The van der Waals surface area contributed by atoms with Crippen LogP contribution in [0.15, 0.2) is 0 Å². The topological polar surface area (TPSA) is 55.1 Å². The summed E-state index contributed by atoms with van der Waals surface area (Å²) < 4.78 is 0. The highest BCUT2D eigenvalue weighted by atomic mass is 35.5. The van der Waals surface area contributed by atoms with Crippen molar-refractivity contribution < 1.29 is 4.79 Å². The normalized spacial score (nSPS) is 43.0. The highest BCUT2D eigenvalue weighted by Crippen LogP contribution is 2.56. The Balaban J connectivity index is 0.00000121. The number of amides is 1. The number of hydrogen-bond acceptors (Lipinski definition) is 2. The monoisotopic (exact) mass is 298 g/mol. The Morgan fingerprint density at radius 2 is 1.60 bits per heavy atom. The van der Waals surface area contributed by atoms with Crippen LogP contribution in [0, 0.1) is 35.5 Å². The zero-order valence-electron chi connectivity index (χ0n) is 12.1. The predicted octanol–water partition coefficient (Wildman–Crippen LogP) is 2.33. The second-order valence-corrected chi connectivity index (χ2v) is 7.64. The Morgan fingerprint density at radius 3 is 2.05 bits per heavy atom. The summed E-state index contributed by atoms with van der Waals surface area (Å²) in [5.74, 6) is 4.60. The second kappa shape index (κ2) is 5.49. The van der Waals surface area contributed by atoms with E-state index in [1.807, 2.05) is 0 Å². The first-order valence-corrected chi connectivity index (χ1v) is 8.25. The molecule has 1 amide bonds. The van der Waals surface area contributed by atoms with E-state index >= 15 is 0 Å². The maximum Gasteiger partial charge on any atom is 0.223 e. The molecule has 0 spiro atoms. The van der Waals surface area contributed by atoms with E-state index in [-0.39, 0.29) is 18.4 Å². The summed E-state index contributed by atoms with van der Waals surface area (Å²) in [6.07, 6.45) is 9.25. The van der Waals surface area contributed by atoms with Gasteiger partial charge in [-0.25, -0.2) is 0 Å². The van der Waals surface area contributed by atoms with Crippen molar-refractivity contribution in [2.75, 3.05) is 6.54 Å². The molecule has 114 valence electrons. The molecule has 0 radical (unpaired) electrons. The molecule has 0 aromatic heterocycles. The third-order valence-electron chi connectivity index (χ3n) is 6.30. The maximum atomic E-state index is 12.7. The van der Waals surface area contributed by atoms with E-state index in [0.29, 0.717) is 36.1 Å². The van der Waals surface area contributed by atoms with Crippen molar-refractivity contribution in [3.63, 3.8) is 0 Å². The summed E-state index contributed by atoms with van der Waals surface area (Å²) in [6.45, 7) is 0.615. The van der Waals surface area contributed by atoms with Gasteiger partial charge < -0.3 is 11.1 Å². The summed E-state index contributed by atoms with van der Waals surface area (Å²) >= 11 is 0. The number of carbonyl (C=O) groups excluding carboxylic acids is 1. The van der Waals surface area contributed by atoms with Crippen LogP contribution in [0.1, 0.15) is 44.9 Å². The van der Waals surface area contributed by atoms with Gasteiger partial charge in [0, 0.05) is 18.5 Å². The van der Waals surface area contributed by atoms with Crippen LogP contribution in [0.3, 0.4) is 0 Å². The third kappa shape index (κ3) is 2.48. The number of nitrogens with two attached hydrogens (primary N) is 1. The Morgan fingerprint density at radius 1 is 1.05 bits per heavy atom. The van der Waals surface area contributed by atoms with Crippen LogP contribution in [0.25, 0.3) is 0 Å². The van der Waals surface area contributed by atoms with Gasteiger partial charge in [-0.05, 0) is 74.5 Å². The van der Waals surface area contributed by atoms with E-state index in [1.165, 1.54) is 44.9 Å². The lowest BCUT2D eigenvalue weighted by molar-refractivity contribution is -0.139. The summed E-state index contributed by atoms with van der Waals surface area (Å²) in [6, 6.07) is 0.254. The summed E-state index contributed by atoms with van der Waals surface area (Å²) in [5, 5.41) is 3.29. The largest absolute Gasteiger partial charge is 0.352 e. The molecule has 0 aromatic carbocycles. The van der Waals surface area contributed by atoms with Crippen molar-refractivity contribution in [1.29, 1.82) is 0 Å². The average Bonchev–Trinajstić information content (AvgIpc) is 3.18. The first-order valence-electron chi connectivity index (χ1n) is 8.25. The fourth-order valence-electron chi connectivity index (χ4n) is 5.50. The minimum absolute atomic E-state index is 0. The standard InChI is InChI=1S/C16H26N2O.ClH/c17-8-14(11-1-2-11)18-16(19)15-12-4-9-3-10(6-12)7-13(15)5-9;/h9-15H,1-8,17H2,(H,18,19);1H. The van der Waals surface area contributed by atoms with Crippen molar-refractivity contribution in [2.45, 2.75) is 51.0 Å². The van der Waals surface area contributed by atoms with Gasteiger partial charge in [0.1, 0.15) is 0 Å². The van der Waals surface area contributed by atoms with Gasteiger partial charge >= 0.3 is 0 Å². The Labute approximate surface area is 127 Å². The van der Waals surface area contributed by atoms with E-state index in [2.05, 4.69) is 5.32 Å². The highest BCUT2D eigenvalue weighted by molar-refractivity contribution is 5.85. The molecule has 4 heteroatoms. The van der Waals surface area contributed by atoms with Crippen LogP contribution in [-0.4, -0.2) is 18.5 Å². The average molecular weight is 299 g/mol. The molecular formula is C16H27ClN2O. The van der Waals surface area contributed by atoms with Crippen molar-refractivity contribution in [1.82, 2.24) is 5.32 Å². The smallest absolute Gasteiger partial charge is 0.223 e. The number of carbonyl (C=O) groups is 1. The van der Waals surface area contributed by atoms with E-state index in [4.69, 9.17) is 5.73 Å². The van der Waals surface area contributed by atoms with Crippen molar-refractivity contribution in [3.8, 4) is 0 Å². The molecule has 0 aliphatic heterocycles. The van der Waals surface area contributed by atoms with E-state index in [0.717, 1.165) is 11.8 Å². The van der Waals surface area contributed by atoms with Gasteiger partial charge in [0.05, 0.1) is 0 Å². The lowest BCUT2D eigenvalue weighted by Gasteiger charge is -2.53. The fourth-order valence-corrected chi connectivity index (χ4v) is 5.50. The van der Waals surface area contributed by atoms with E-state index < -0.39 is 0 Å². The third-order valence-corrected chi connectivity index (χ3v) is 6.30. The zero-order chi connectivity index (χ0) is 13.0. The molecule has 5 rings (SSSR count). The molecule has 0 heterocycles. The molecular weight excluding hydrogens is 272 g/mol. The van der Waals surface area contributed by atoms with Crippen LogP contribution in [0.4, 0.5) is 0 Å². The first kappa shape index (κ1) is 14.6. The Bertz CT molecular complexity index is 355. The Hall–Kier alpha value is -0.280. The number of nitrogens with one attached hydrogen (secondary N) is 1. The van der Waals surface area contributed by atoms with Gasteiger partial charge in [0.25, 0.3) is 0 Å². The molecule has 0 aromatic rings. The molecule has 5 aliphatic carbocycles. The molecule has 5 fully saturated rings. The molecule has 5 aliphatic rings. The van der Waals surface area contributed by atoms with Crippen LogP contribution in [0.2, 0.25) is 0 Å². The minimum Gasteiger partial charge on any atom is -0.352 e. The molecule has 1 unspecified atom stereocenters. The van der Waals surface area contributed by atoms with Crippen LogP contribution in [-0.2, 0) is 4.79 Å².